The van der Waals surface area contributed by atoms with E-state index in [1.165, 1.54) is 23.8 Å². The van der Waals surface area contributed by atoms with Crippen LogP contribution in [0.2, 0.25) is 5.02 Å². The average molecular weight is 292 g/mol. The fourth-order valence-electron chi connectivity index (χ4n) is 2.71. The molecule has 1 aliphatic carbocycles. The second-order valence-corrected chi connectivity index (χ2v) is 6.32. The van der Waals surface area contributed by atoms with Crippen molar-refractivity contribution < 1.29 is 0 Å². The molecule has 20 heavy (non-hydrogen) atoms. The van der Waals surface area contributed by atoms with Gasteiger partial charge in [0.2, 0.25) is 0 Å². The SMILES string of the molecule is CC(CNCc1c[nH]c2cc(Cl)ccc12)N(C)C1CC1. The molecule has 0 amide bonds. The van der Waals surface area contributed by atoms with Crippen LogP contribution in [0, 0.1) is 0 Å². The van der Waals surface area contributed by atoms with Crippen LogP contribution in [0.15, 0.2) is 24.4 Å². The van der Waals surface area contributed by atoms with Crippen LogP contribution in [0.25, 0.3) is 10.9 Å². The lowest BCUT2D eigenvalue weighted by atomic mass is 10.1. The molecule has 1 fully saturated rings. The van der Waals surface area contributed by atoms with E-state index in [0.717, 1.165) is 29.7 Å². The van der Waals surface area contributed by atoms with Crippen LogP contribution < -0.4 is 5.32 Å². The number of fused-ring (bicyclic) bond motifs is 1. The third-order valence-electron chi connectivity index (χ3n) is 4.30. The maximum Gasteiger partial charge on any atom is 0.0472 e. The minimum atomic E-state index is 0.585. The third kappa shape index (κ3) is 3.00. The molecule has 1 aliphatic rings. The quantitative estimate of drug-likeness (QED) is 0.855. The summed E-state index contributed by atoms with van der Waals surface area (Å²) in [5.74, 6) is 0. The van der Waals surface area contributed by atoms with E-state index in [1.807, 2.05) is 12.1 Å². The number of halogens is 1. The maximum atomic E-state index is 6.00. The molecular formula is C16H22ClN3. The molecule has 2 aromatic rings. The number of H-pyrrole nitrogens is 1. The van der Waals surface area contributed by atoms with E-state index in [2.05, 4.69) is 41.4 Å². The average Bonchev–Trinajstić information content (AvgIpc) is 3.21. The summed E-state index contributed by atoms with van der Waals surface area (Å²) in [5.41, 5.74) is 2.41. The van der Waals surface area contributed by atoms with Crippen LogP contribution in [0.5, 0.6) is 0 Å². The molecule has 2 N–H and O–H groups in total. The molecule has 4 heteroatoms. The molecule has 1 aromatic carbocycles. The first-order valence-electron chi connectivity index (χ1n) is 7.33. The Kier molecular flexibility index (Phi) is 4.01. The number of hydrogen-bond acceptors (Lipinski definition) is 2. The fraction of sp³-hybridized carbons (Fsp3) is 0.500. The Morgan fingerprint density at radius 2 is 2.25 bits per heavy atom. The summed E-state index contributed by atoms with van der Waals surface area (Å²) in [6.07, 6.45) is 4.80. The van der Waals surface area contributed by atoms with Crippen molar-refractivity contribution in [2.24, 2.45) is 0 Å². The van der Waals surface area contributed by atoms with Crippen molar-refractivity contribution in [2.75, 3.05) is 13.6 Å². The molecule has 1 unspecified atom stereocenters. The van der Waals surface area contributed by atoms with Gasteiger partial charge in [-0.05, 0) is 44.5 Å². The van der Waals surface area contributed by atoms with Crippen molar-refractivity contribution in [3.05, 3.63) is 35.0 Å². The number of hydrogen-bond donors (Lipinski definition) is 2. The largest absolute Gasteiger partial charge is 0.361 e. The smallest absolute Gasteiger partial charge is 0.0472 e. The molecule has 0 spiro atoms. The van der Waals surface area contributed by atoms with Crippen LogP contribution >= 0.6 is 11.6 Å². The van der Waals surface area contributed by atoms with Gasteiger partial charge in [0.1, 0.15) is 0 Å². The number of benzene rings is 1. The first kappa shape index (κ1) is 13.9. The minimum absolute atomic E-state index is 0.585. The fourth-order valence-corrected chi connectivity index (χ4v) is 2.88. The lowest BCUT2D eigenvalue weighted by molar-refractivity contribution is 0.241. The van der Waals surface area contributed by atoms with Crippen LogP contribution in [0.4, 0.5) is 0 Å². The van der Waals surface area contributed by atoms with Gasteiger partial charge in [0.15, 0.2) is 0 Å². The first-order chi connectivity index (χ1) is 9.65. The van der Waals surface area contributed by atoms with Crippen LogP contribution in [0.1, 0.15) is 25.3 Å². The highest BCUT2D eigenvalue weighted by Crippen LogP contribution is 2.26. The van der Waals surface area contributed by atoms with E-state index >= 15 is 0 Å². The number of likely N-dealkylation sites (N-methyl/N-ethyl adjacent to an activating group) is 1. The third-order valence-corrected chi connectivity index (χ3v) is 4.54. The van der Waals surface area contributed by atoms with Gasteiger partial charge in [-0.2, -0.15) is 0 Å². The predicted octanol–water partition coefficient (Wildman–Crippen LogP) is 3.39. The monoisotopic (exact) mass is 291 g/mol. The van der Waals surface area contributed by atoms with Crippen molar-refractivity contribution in [1.29, 1.82) is 0 Å². The molecule has 1 saturated carbocycles. The molecule has 0 saturated heterocycles. The highest BCUT2D eigenvalue weighted by Gasteiger charge is 2.28. The van der Waals surface area contributed by atoms with Crippen LogP contribution in [-0.4, -0.2) is 35.6 Å². The Morgan fingerprint density at radius 3 is 3.00 bits per heavy atom. The second kappa shape index (κ2) is 5.76. The zero-order valence-corrected chi connectivity index (χ0v) is 12.9. The summed E-state index contributed by atoms with van der Waals surface area (Å²) in [5, 5.41) is 5.59. The Morgan fingerprint density at radius 1 is 1.45 bits per heavy atom. The molecule has 3 nitrogen and oxygen atoms in total. The second-order valence-electron chi connectivity index (χ2n) is 5.88. The Balaban J connectivity index is 1.57. The van der Waals surface area contributed by atoms with Crippen molar-refractivity contribution in [3.8, 4) is 0 Å². The van der Waals surface area contributed by atoms with E-state index in [4.69, 9.17) is 11.6 Å². The Bertz CT molecular complexity index is 588. The van der Waals surface area contributed by atoms with Gasteiger partial charge in [-0.25, -0.2) is 0 Å². The van der Waals surface area contributed by atoms with Crippen molar-refractivity contribution in [1.82, 2.24) is 15.2 Å². The maximum absolute atomic E-state index is 6.00. The number of aromatic amines is 1. The van der Waals surface area contributed by atoms with Gasteiger partial charge in [-0.3, -0.25) is 4.90 Å². The summed E-state index contributed by atoms with van der Waals surface area (Å²) in [6.45, 7) is 4.21. The van der Waals surface area contributed by atoms with E-state index < -0.39 is 0 Å². The van der Waals surface area contributed by atoms with E-state index in [1.54, 1.807) is 0 Å². The van der Waals surface area contributed by atoms with E-state index in [9.17, 15) is 0 Å². The van der Waals surface area contributed by atoms with E-state index in [0.29, 0.717) is 6.04 Å². The zero-order chi connectivity index (χ0) is 14.1. The van der Waals surface area contributed by atoms with E-state index in [-0.39, 0.29) is 0 Å². The number of nitrogens with zero attached hydrogens (tertiary/aromatic N) is 1. The molecule has 3 rings (SSSR count). The molecule has 0 radical (unpaired) electrons. The zero-order valence-electron chi connectivity index (χ0n) is 12.1. The number of rotatable bonds is 6. The molecule has 0 aliphatic heterocycles. The molecule has 1 atom stereocenters. The standard InChI is InChI=1S/C16H22ClN3/c1-11(20(2)14-4-5-14)8-18-9-12-10-19-16-7-13(17)3-6-15(12)16/h3,6-7,10-11,14,18-19H,4-5,8-9H2,1-2H3. The van der Waals surface area contributed by atoms with Gasteiger partial charge >= 0.3 is 0 Å². The minimum Gasteiger partial charge on any atom is -0.361 e. The van der Waals surface area contributed by atoms with Gasteiger partial charge in [-0.15, -0.1) is 0 Å². The van der Waals surface area contributed by atoms with Gasteiger partial charge < -0.3 is 10.3 Å². The lowest BCUT2D eigenvalue weighted by Gasteiger charge is -2.24. The summed E-state index contributed by atoms with van der Waals surface area (Å²) >= 11 is 6.00. The van der Waals surface area contributed by atoms with Gasteiger partial charge in [0.05, 0.1) is 0 Å². The normalized spacial score (nSPS) is 17.0. The molecule has 1 heterocycles. The number of nitrogens with one attached hydrogen (secondary N) is 2. The molecule has 0 bridgehead atoms. The highest BCUT2D eigenvalue weighted by molar-refractivity contribution is 6.31. The summed E-state index contributed by atoms with van der Waals surface area (Å²) in [4.78, 5) is 5.77. The van der Waals surface area contributed by atoms with Crippen molar-refractivity contribution in [2.45, 2.75) is 38.4 Å². The highest BCUT2D eigenvalue weighted by atomic mass is 35.5. The first-order valence-corrected chi connectivity index (χ1v) is 7.71. The summed E-state index contributed by atoms with van der Waals surface area (Å²) < 4.78 is 0. The van der Waals surface area contributed by atoms with Gasteiger partial charge in [-0.1, -0.05) is 17.7 Å². The predicted molar refractivity (Wildman–Crippen MR) is 85.3 cm³/mol. The molecule has 108 valence electrons. The topological polar surface area (TPSA) is 31.1 Å². The summed E-state index contributed by atoms with van der Waals surface area (Å²) in [7, 11) is 2.23. The van der Waals surface area contributed by atoms with Gasteiger partial charge in [0.25, 0.3) is 0 Å². The Labute approximate surface area is 125 Å². The number of aromatic nitrogens is 1. The van der Waals surface area contributed by atoms with Crippen LogP contribution in [0.3, 0.4) is 0 Å². The van der Waals surface area contributed by atoms with Gasteiger partial charge in [0, 0.05) is 47.3 Å². The van der Waals surface area contributed by atoms with Crippen molar-refractivity contribution in [3.63, 3.8) is 0 Å². The molecule has 1 aromatic heterocycles. The lowest BCUT2D eigenvalue weighted by Crippen LogP contribution is -2.38. The summed E-state index contributed by atoms with van der Waals surface area (Å²) in [6, 6.07) is 7.42. The van der Waals surface area contributed by atoms with Crippen LogP contribution in [-0.2, 0) is 6.54 Å². The van der Waals surface area contributed by atoms with Crippen molar-refractivity contribution >= 4 is 22.5 Å². The Hall–Kier alpha value is -1.03. The molecular weight excluding hydrogens is 270 g/mol.